The Bertz CT molecular complexity index is 682. The molecule has 4 heteroatoms. The van der Waals surface area contributed by atoms with Crippen molar-refractivity contribution >= 4 is 11.7 Å². The molecule has 1 atom stereocenters. The summed E-state index contributed by atoms with van der Waals surface area (Å²) in [5.74, 6) is 0. The van der Waals surface area contributed by atoms with Gasteiger partial charge in [-0.15, -0.1) is 0 Å². The lowest BCUT2D eigenvalue weighted by atomic mass is 10.1. The number of hydrogen-bond acceptors (Lipinski definition) is 2. The lowest BCUT2D eigenvalue weighted by Gasteiger charge is -2.12. The van der Waals surface area contributed by atoms with Gasteiger partial charge in [-0.2, -0.15) is 0 Å². The summed E-state index contributed by atoms with van der Waals surface area (Å²) in [7, 11) is 0. The highest BCUT2D eigenvalue weighted by Gasteiger charge is 2.18. The number of hydrogen-bond donors (Lipinski definition) is 3. The van der Waals surface area contributed by atoms with E-state index >= 15 is 0 Å². The van der Waals surface area contributed by atoms with Gasteiger partial charge in [0.05, 0.1) is 12.6 Å². The number of fused-ring (bicyclic) bond motifs is 3. The standard InChI is InChI=1S/C17H18N2O2/c1-11(10-20)18-17(21)19-14-7-6-13-8-12-4-2-3-5-15(12)16(13)9-14/h2-7,9,11,20H,8,10H2,1H3,(H2,18,19,21)/t11-/m0/s1. The molecule has 0 aliphatic heterocycles. The fourth-order valence-electron chi connectivity index (χ4n) is 2.64. The topological polar surface area (TPSA) is 61.4 Å². The molecule has 1 aliphatic carbocycles. The zero-order valence-corrected chi connectivity index (χ0v) is 11.9. The Morgan fingerprint density at radius 1 is 1.19 bits per heavy atom. The second-order valence-corrected chi connectivity index (χ2v) is 5.39. The molecule has 3 N–H and O–H groups in total. The first-order chi connectivity index (χ1) is 10.2. The number of anilines is 1. The molecule has 108 valence electrons. The van der Waals surface area contributed by atoms with Gasteiger partial charge >= 0.3 is 6.03 Å². The van der Waals surface area contributed by atoms with Gasteiger partial charge in [-0.3, -0.25) is 0 Å². The lowest BCUT2D eigenvalue weighted by molar-refractivity contribution is 0.229. The summed E-state index contributed by atoms with van der Waals surface area (Å²) in [5, 5.41) is 14.4. The van der Waals surface area contributed by atoms with Crippen LogP contribution in [0.1, 0.15) is 18.1 Å². The number of aliphatic hydroxyl groups is 1. The zero-order valence-electron chi connectivity index (χ0n) is 11.9. The van der Waals surface area contributed by atoms with Gasteiger partial charge in [0.2, 0.25) is 0 Å². The molecule has 0 saturated heterocycles. The fraction of sp³-hybridized carbons (Fsp3) is 0.235. The number of rotatable bonds is 3. The molecule has 2 aromatic rings. The van der Waals surface area contributed by atoms with Gasteiger partial charge in [0.15, 0.2) is 0 Å². The van der Waals surface area contributed by atoms with E-state index in [-0.39, 0.29) is 18.7 Å². The molecule has 0 unspecified atom stereocenters. The molecule has 0 fully saturated rings. The number of benzene rings is 2. The first-order valence-corrected chi connectivity index (χ1v) is 7.07. The molecule has 0 heterocycles. The van der Waals surface area contributed by atoms with Crippen molar-refractivity contribution in [1.29, 1.82) is 0 Å². The predicted molar refractivity (Wildman–Crippen MR) is 83.4 cm³/mol. The predicted octanol–water partition coefficient (Wildman–Crippen LogP) is 2.76. The summed E-state index contributed by atoms with van der Waals surface area (Å²) in [5.41, 5.74) is 5.78. The first-order valence-electron chi connectivity index (χ1n) is 7.07. The van der Waals surface area contributed by atoms with Crippen molar-refractivity contribution in [2.24, 2.45) is 0 Å². The molecule has 2 aromatic carbocycles. The van der Waals surface area contributed by atoms with Gasteiger partial charge in [-0.1, -0.05) is 30.3 Å². The summed E-state index contributed by atoms with van der Waals surface area (Å²) in [4.78, 5) is 11.8. The largest absolute Gasteiger partial charge is 0.394 e. The van der Waals surface area contributed by atoms with E-state index in [1.807, 2.05) is 24.3 Å². The van der Waals surface area contributed by atoms with Crippen LogP contribution in [0.5, 0.6) is 0 Å². The van der Waals surface area contributed by atoms with Crippen LogP contribution in [0.4, 0.5) is 10.5 Å². The molecule has 1 aliphatic rings. The van der Waals surface area contributed by atoms with Crippen molar-refractivity contribution in [2.45, 2.75) is 19.4 Å². The second-order valence-electron chi connectivity index (χ2n) is 5.39. The summed E-state index contributed by atoms with van der Waals surface area (Å²) in [6.07, 6.45) is 0.944. The lowest BCUT2D eigenvalue weighted by Crippen LogP contribution is -2.38. The quantitative estimate of drug-likeness (QED) is 0.691. The second kappa shape index (κ2) is 5.58. The molecule has 4 nitrogen and oxygen atoms in total. The van der Waals surface area contributed by atoms with Crippen molar-refractivity contribution in [1.82, 2.24) is 5.32 Å². The number of carbonyl (C=O) groups excluding carboxylic acids is 1. The van der Waals surface area contributed by atoms with E-state index in [4.69, 9.17) is 5.11 Å². The van der Waals surface area contributed by atoms with Gasteiger partial charge in [0.1, 0.15) is 0 Å². The Labute approximate surface area is 123 Å². The van der Waals surface area contributed by atoms with Crippen LogP contribution in [-0.4, -0.2) is 23.8 Å². The third kappa shape index (κ3) is 2.76. The normalized spacial score (nSPS) is 13.2. The molecule has 2 amide bonds. The van der Waals surface area contributed by atoms with E-state index < -0.39 is 0 Å². The minimum absolute atomic E-state index is 0.0784. The van der Waals surface area contributed by atoms with E-state index in [9.17, 15) is 4.79 Å². The van der Waals surface area contributed by atoms with Crippen LogP contribution in [0.15, 0.2) is 42.5 Å². The van der Waals surface area contributed by atoms with Gasteiger partial charge < -0.3 is 15.7 Å². The van der Waals surface area contributed by atoms with Crippen LogP contribution in [-0.2, 0) is 6.42 Å². The number of aliphatic hydroxyl groups excluding tert-OH is 1. The van der Waals surface area contributed by atoms with Crippen LogP contribution in [0.3, 0.4) is 0 Å². The monoisotopic (exact) mass is 282 g/mol. The highest BCUT2D eigenvalue weighted by molar-refractivity contribution is 5.91. The number of urea groups is 1. The molecule has 0 aromatic heterocycles. The Morgan fingerprint density at radius 2 is 1.95 bits per heavy atom. The SMILES string of the molecule is C[C@@H](CO)NC(=O)Nc1ccc2c(c1)-c1ccccc1C2. The number of nitrogens with one attached hydrogen (secondary N) is 2. The fourth-order valence-corrected chi connectivity index (χ4v) is 2.64. The van der Waals surface area contributed by atoms with E-state index in [2.05, 4.69) is 28.8 Å². The van der Waals surface area contributed by atoms with Crippen LogP contribution in [0.25, 0.3) is 11.1 Å². The average Bonchev–Trinajstić information content (AvgIpc) is 2.85. The summed E-state index contributed by atoms with van der Waals surface area (Å²) >= 11 is 0. The molecule has 21 heavy (non-hydrogen) atoms. The smallest absolute Gasteiger partial charge is 0.319 e. The number of carbonyl (C=O) groups is 1. The van der Waals surface area contributed by atoms with Crippen molar-refractivity contribution in [3.8, 4) is 11.1 Å². The third-order valence-electron chi connectivity index (χ3n) is 3.71. The summed E-state index contributed by atoms with van der Waals surface area (Å²) in [6, 6.07) is 13.7. The molecule has 3 rings (SSSR count). The molecule has 0 saturated carbocycles. The minimum atomic E-state index is -0.303. The van der Waals surface area contributed by atoms with Gasteiger partial charge in [0, 0.05) is 5.69 Å². The van der Waals surface area contributed by atoms with Crippen molar-refractivity contribution in [2.75, 3.05) is 11.9 Å². The highest BCUT2D eigenvalue weighted by Crippen LogP contribution is 2.37. The molecule has 0 bridgehead atoms. The first kappa shape index (κ1) is 13.6. The van der Waals surface area contributed by atoms with Crippen LogP contribution < -0.4 is 10.6 Å². The Kier molecular flexibility index (Phi) is 3.62. The van der Waals surface area contributed by atoms with Crippen LogP contribution in [0.2, 0.25) is 0 Å². The zero-order chi connectivity index (χ0) is 14.8. The maximum atomic E-state index is 11.8. The minimum Gasteiger partial charge on any atom is -0.394 e. The van der Waals surface area contributed by atoms with Crippen molar-refractivity contribution < 1.29 is 9.90 Å². The molecular formula is C17H18N2O2. The highest BCUT2D eigenvalue weighted by atomic mass is 16.3. The van der Waals surface area contributed by atoms with E-state index in [0.29, 0.717) is 0 Å². The van der Waals surface area contributed by atoms with Crippen molar-refractivity contribution in [3.63, 3.8) is 0 Å². The van der Waals surface area contributed by atoms with E-state index in [1.54, 1.807) is 6.92 Å². The Hall–Kier alpha value is -2.33. The third-order valence-corrected chi connectivity index (χ3v) is 3.71. The maximum Gasteiger partial charge on any atom is 0.319 e. The summed E-state index contributed by atoms with van der Waals surface area (Å²) < 4.78 is 0. The van der Waals surface area contributed by atoms with Crippen molar-refractivity contribution in [3.05, 3.63) is 53.6 Å². The van der Waals surface area contributed by atoms with Crippen LogP contribution in [0, 0.1) is 0 Å². The number of amides is 2. The van der Waals surface area contributed by atoms with Crippen LogP contribution >= 0.6 is 0 Å². The Balaban J connectivity index is 1.80. The summed E-state index contributed by atoms with van der Waals surface area (Å²) in [6.45, 7) is 1.67. The molecule has 0 radical (unpaired) electrons. The Morgan fingerprint density at radius 3 is 2.76 bits per heavy atom. The van der Waals surface area contributed by atoms with Gasteiger partial charge in [0.25, 0.3) is 0 Å². The molecule has 0 spiro atoms. The molecular weight excluding hydrogens is 264 g/mol. The van der Waals surface area contributed by atoms with E-state index in [0.717, 1.165) is 12.1 Å². The van der Waals surface area contributed by atoms with Gasteiger partial charge in [-0.25, -0.2) is 4.79 Å². The average molecular weight is 282 g/mol. The van der Waals surface area contributed by atoms with E-state index in [1.165, 1.54) is 22.3 Å². The van der Waals surface area contributed by atoms with Gasteiger partial charge in [-0.05, 0) is 47.7 Å². The maximum absolute atomic E-state index is 11.8.